The molecular formula is C17H19N3O2S2. The molecule has 0 saturated carbocycles. The Labute approximate surface area is 149 Å². The van der Waals surface area contributed by atoms with E-state index in [9.17, 15) is 4.79 Å². The van der Waals surface area contributed by atoms with Crippen LogP contribution >= 0.6 is 23.1 Å². The number of carbonyl (C=O) groups is 1. The van der Waals surface area contributed by atoms with Crippen molar-refractivity contribution in [2.75, 3.05) is 7.11 Å². The lowest BCUT2D eigenvalue weighted by Crippen LogP contribution is -2.42. The van der Waals surface area contributed by atoms with E-state index < -0.39 is 0 Å². The number of carbonyl (C=O) groups excluding carboxylic acids is 1. The Kier molecular flexibility index (Phi) is 4.47. The Morgan fingerprint density at radius 3 is 2.96 bits per heavy atom. The highest BCUT2D eigenvalue weighted by Gasteiger charge is 2.39. The number of aromatic nitrogens is 1. The lowest BCUT2D eigenvalue weighted by molar-refractivity contribution is 0.0935. The van der Waals surface area contributed by atoms with Gasteiger partial charge in [0.05, 0.1) is 16.2 Å². The average molecular weight is 361 g/mol. The molecule has 0 aliphatic carbocycles. The van der Waals surface area contributed by atoms with E-state index in [-0.39, 0.29) is 11.9 Å². The lowest BCUT2D eigenvalue weighted by Gasteiger charge is -2.20. The minimum atomic E-state index is 0.0408. The molecule has 0 spiro atoms. The highest BCUT2D eigenvalue weighted by atomic mass is 32.2. The number of hydrogen-bond donors (Lipinski definition) is 2. The fourth-order valence-electron chi connectivity index (χ4n) is 3.38. The molecule has 2 aliphatic rings. The van der Waals surface area contributed by atoms with Crippen molar-refractivity contribution in [1.82, 2.24) is 15.6 Å². The zero-order chi connectivity index (χ0) is 16.5. The molecule has 2 aromatic heterocycles. The molecule has 0 radical (unpaired) electrons. The first-order valence-corrected chi connectivity index (χ1v) is 9.69. The molecule has 0 unspecified atom stereocenters. The highest BCUT2D eigenvalue weighted by molar-refractivity contribution is 8.01. The number of ether oxygens (including phenoxy) is 1. The standard InChI is InChI=1S/C17H19N3O2S2/c1-22-15-6-3-11(9-18-15)23-16-7-5-14(24-16)17(21)20-13-8-10-2-4-12(13)19-10/h3,5-7,9-10,12-13,19H,2,4,8H2,1H3,(H,20,21)/t10-,12+,13-/m1/s1. The maximum absolute atomic E-state index is 12.5. The van der Waals surface area contributed by atoms with Gasteiger partial charge >= 0.3 is 0 Å². The van der Waals surface area contributed by atoms with E-state index in [1.54, 1.807) is 25.1 Å². The summed E-state index contributed by atoms with van der Waals surface area (Å²) in [5, 5.41) is 6.74. The van der Waals surface area contributed by atoms with Crippen LogP contribution in [-0.4, -0.2) is 36.1 Å². The second kappa shape index (κ2) is 6.74. The van der Waals surface area contributed by atoms with E-state index >= 15 is 0 Å². The molecule has 126 valence electrons. The largest absolute Gasteiger partial charge is 0.481 e. The van der Waals surface area contributed by atoms with Gasteiger partial charge in [0.15, 0.2) is 0 Å². The molecule has 4 heterocycles. The Hall–Kier alpha value is -1.57. The van der Waals surface area contributed by atoms with E-state index in [0.29, 0.717) is 18.0 Å². The van der Waals surface area contributed by atoms with E-state index in [4.69, 9.17) is 4.74 Å². The van der Waals surface area contributed by atoms with Gasteiger partial charge in [0.2, 0.25) is 5.88 Å². The third kappa shape index (κ3) is 3.29. The average Bonchev–Trinajstić information content (AvgIpc) is 3.32. The van der Waals surface area contributed by atoms with Crippen molar-refractivity contribution in [3.63, 3.8) is 0 Å². The van der Waals surface area contributed by atoms with Gasteiger partial charge in [-0.25, -0.2) is 4.98 Å². The Balaban J connectivity index is 1.37. The molecule has 0 aromatic carbocycles. The van der Waals surface area contributed by atoms with Crippen LogP contribution in [0.1, 0.15) is 28.9 Å². The summed E-state index contributed by atoms with van der Waals surface area (Å²) in [6, 6.07) is 9.03. The van der Waals surface area contributed by atoms with Crippen LogP contribution in [0.5, 0.6) is 5.88 Å². The molecule has 2 saturated heterocycles. The summed E-state index contributed by atoms with van der Waals surface area (Å²) in [5.41, 5.74) is 0. The number of nitrogens with one attached hydrogen (secondary N) is 2. The number of rotatable bonds is 5. The molecule has 2 bridgehead atoms. The minimum absolute atomic E-state index is 0.0408. The smallest absolute Gasteiger partial charge is 0.261 e. The van der Waals surface area contributed by atoms with Gasteiger partial charge in [-0.05, 0) is 37.5 Å². The van der Waals surface area contributed by atoms with Gasteiger partial charge in [-0.1, -0.05) is 11.8 Å². The van der Waals surface area contributed by atoms with E-state index in [0.717, 1.165) is 20.4 Å². The Morgan fingerprint density at radius 1 is 1.38 bits per heavy atom. The normalized spacial score (nSPS) is 25.0. The maximum atomic E-state index is 12.5. The van der Waals surface area contributed by atoms with Gasteiger partial charge in [0, 0.05) is 35.3 Å². The molecule has 2 N–H and O–H groups in total. The topological polar surface area (TPSA) is 63.2 Å². The van der Waals surface area contributed by atoms with Gasteiger partial charge in [0.25, 0.3) is 5.91 Å². The summed E-state index contributed by atoms with van der Waals surface area (Å²) >= 11 is 3.13. The molecule has 2 fully saturated rings. The first-order valence-electron chi connectivity index (χ1n) is 8.06. The second-order valence-electron chi connectivity index (χ2n) is 6.12. The van der Waals surface area contributed by atoms with Crippen LogP contribution in [0.4, 0.5) is 0 Å². The number of methoxy groups -OCH3 is 1. The number of hydrogen-bond acceptors (Lipinski definition) is 6. The molecule has 3 atom stereocenters. The quantitative estimate of drug-likeness (QED) is 0.857. The molecular weight excluding hydrogens is 342 g/mol. The molecule has 2 aliphatic heterocycles. The second-order valence-corrected chi connectivity index (χ2v) is 8.58. The lowest BCUT2D eigenvalue weighted by atomic mass is 9.95. The van der Waals surface area contributed by atoms with Crippen LogP contribution < -0.4 is 15.4 Å². The van der Waals surface area contributed by atoms with Crippen molar-refractivity contribution >= 4 is 29.0 Å². The SMILES string of the molecule is COc1ccc(Sc2ccc(C(=O)N[C@@H]3C[C@H]4CC[C@@H]3N4)s2)cn1. The summed E-state index contributed by atoms with van der Waals surface area (Å²) in [6.45, 7) is 0. The third-order valence-electron chi connectivity index (χ3n) is 4.56. The predicted molar refractivity (Wildman–Crippen MR) is 95.0 cm³/mol. The summed E-state index contributed by atoms with van der Waals surface area (Å²) in [5.74, 6) is 0.643. The van der Waals surface area contributed by atoms with Crippen molar-refractivity contribution in [3.05, 3.63) is 35.3 Å². The van der Waals surface area contributed by atoms with Crippen molar-refractivity contribution in [3.8, 4) is 5.88 Å². The molecule has 4 rings (SSSR count). The molecule has 24 heavy (non-hydrogen) atoms. The van der Waals surface area contributed by atoms with Gasteiger partial charge < -0.3 is 15.4 Å². The minimum Gasteiger partial charge on any atom is -0.481 e. The molecule has 1 amide bonds. The van der Waals surface area contributed by atoms with Gasteiger partial charge in [-0.15, -0.1) is 11.3 Å². The van der Waals surface area contributed by atoms with Crippen molar-refractivity contribution < 1.29 is 9.53 Å². The maximum Gasteiger partial charge on any atom is 0.261 e. The van der Waals surface area contributed by atoms with Crippen molar-refractivity contribution in [1.29, 1.82) is 0 Å². The van der Waals surface area contributed by atoms with Crippen molar-refractivity contribution in [2.45, 2.75) is 46.5 Å². The van der Waals surface area contributed by atoms with E-state index in [2.05, 4.69) is 15.6 Å². The zero-order valence-electron chi connectivity index (χ0n) is 13.3. The van der Waals surface area contributed by atoms with Crippen molar-refractivity contribution in [2.24, 2.45) is 0 Å². The third-order valence-corrected chi connectivity index (χ3v) is 6.75. The number of nitrogens with zero attached hydrogens (tertiary/aromatic N) is 1. The first-order chi connectivity index (χ1) is 11.7. The fraction of sp³-hybridized carbons (Fsp3) is 0.412. The van der Waals surface area contributed by atoms with Crippen LogP contribution in [0.3, 0.4) is 0 Å². The molecule has 2 aromatic rings. The number of amides is 1. The van der Waals surface area contributed by atoms with Gasteiger partial charge in [-0.3, -0.25) is 4.79 Å². The van der Waals surface area contributed by atoms with Crippen LogP contribution in [-0.2, 0) is 0 Å². The summed E-state index contributed by atoms with van der Waals surface area (Å²) in [4.78, 5) is 18.5. The van der Waals surface area contributed by atoms with Crippen LogP contribution in [0.15, 0.2) is 39.6 Å². The first kappa shape index (κ1) is 15.9. The predicted octanol–water partition coefficient (Wildman–Crippen LogP) is 2.93. The summed E-state index contributed by atoms with van der Waals surface area (Å²) in [7, 11) is 1.60. The summed E-state index contributed by atoms with van der Waals surface area (Å²) in [6.07, 6.45) is 5.25. The fourth-order valence-corrected chi connectivity index (χ4v) is 5.36. The Bertz CT molecular complexity index is 732. The summed E-state index contributed by atoms with van der Waals surface area (Å²) < 4.78 is 6.15. The van der Waals surface area contributed by atoms with Crippen LogP contribution in [0.25, 0.3) is 0 Å². The zero-order valence-corrected chi connectivity index (χ0v) is 15.0. The number of pyridine rings is 1. The number of fused-ring (bicyclic) bond motifs is 2. The molecule has 7 heteroatoms. The number of thiophene rings is 1. The van der Waals surface area contributed by atoms with Crippen LogP contribution in [0.2, 0.25) is 0 Å². The Morgan fingerprint density at radius 2 is 2.29 bits per heavy atom. The molecule has 5 nitrogen and oxygen atoms in total. The van der Waals surface area contributed by atoms with E-state index in [1.807, 2.05) is 24.3 Å². The van der Waals surface area contributed by atoms with E-state index in [1.165, 1.54) is 24.2 Å². The van der Waals surface area contributed by atoms with Gasteiger partial charge in [0.1, 0.15) is 0 Å². The highest BCUT2D eigenvalue weighted by Crippen LogP contribution is 2.34. The monoisotopic (exact) mass is 361 g/mol. The van der Waals surface area contributed by atoms with Crippen LogP contribution in [0, 0.1) is 0 Å². The van der Waals surface area contributed by atoms with Gasteiger partial charge in [-0.2, -0.15) is 0 Å².